The highest BCUT2D eigenvalue weighted by Gasteiger charge is 2.62. The largest absolute Gasteiger partial charge is 0.459 e. The second-order valence-electron chi connectivity index (χ2n) is 8.08. The molecule has 3 unspecified atom stereocenters. The fourth-order valence-corrected chi connectivity index (χ4v) is 5.08. The molecule has 1 aliphatic carbocycles. The molecule has 0 spiro atoms. The predicted molar refractivity (Wildman–Crippen MR) is 111 cm³/mol. The van der Waals surface area contributed by atoms with Crippen molar-refractivity contribution >= 4 is 35.0 Å². The minimum absolute atomic E-state index is 0.237. The van der Waals surface area contributed by atoms with Crippen molar-refractivity contribution in [2.24, 2.45) is 5.41 Å². The fourth-order valence-electron chi connectivity index (χ4n) is 4.49. The number of fused-ring (bicyclic) bond motifs is 1. The SMILES string of the molecule is Cc1ccc(-c2ccc(Cl)cc2)cc1C1(Cl)C(=O)OC2CCCCC2(C)C1=O. The first kappa shape index (κ1) is 19.5. The van der Waals surface area contributed by atoms with Gasteiger partial charge >= 0.3 is 5.97 Å². The molecule has 1 saturated heterocycles. The molecule has 3 nitrogen and oxygen atoms in total. The summed E-state index contributed by atoms with van der Waals surface area (Å²) in [5.41, 5.74) is 2.35. The maximum absolute atomic E-state index is 13.6. The average molecular weight is 417 g/mol. The van der Waals surface area contributed by atoms with Crippen LogP contribution in [0.2, 0.25) is 5.02 Å². The minimum Gasteiger partial charge on any atom is -0.459 e. The lowest BCUT2D eigenvalue weighted by molar-refractivity contribution is -0.181. The Morgan fingerprint density at radius 2 is 1.71 bits per heavy atom. The Labute approximate surface area is 175 Å². The number of Topliss-reactive ketones (excluding diaryl/α,β-unsaturated/α-hetero) is 1. The van der Waals surface area contributed by atoms with Gasteiger partial charge in [0.1, 0.15) is 6.10 Å². The summed E-state index contributed by atoms with van der Waals surface area (Å²) in [5, 5.41) is 0.646. The predicted octanol–water partition coefficient (Wildman–Crippen LogP) is 5.82. The number of carbonyl (C=O) groups excluding carboxylic acids is 2. The van der Waals surface area contributed by atoms with Crippen molar-refractivity contribution in [1.82, 2.24) is 0 Å². The Morgan fingerprint density at radius 1 is 1.04 bits per heavy atom. The molecular formula is C23H22Cl2O3. The summed E-state index contributed by atoms with van der Waals surface area (Å²) < 4.78 is 5.74. The highest BCUT2D eigenvalue weighted by atomic mass is 35.5. The van der Waals surface area contributed by atoms with Gasteiger partial charge in [0.15, 0.2) is 5.78 Å². The summed E-state index contributed by atoms with van der Waals surface area (Å²) in [6.07, 6.45) is 2.92. The lowest BCUT2D eigenvalue weighted by atomic mass is 9.64. The van der Waals surface area contributed by atoms with E-state index in [1.54, 1.807) is 12.1 Å². The topological polar surface area (TPSA) is 43.4 Å². The number of benzene rings is 2. The molecule has 1 heterocycles. The summed E-state index contributed by atoms with van der Waals surface area (Å²) in [6.45, 7) is 3.75. The molecule has 2 aromatic carbocycles. The van der Waals surface area contributed by atoms with E-state index < -0.39 is 16.3 Å². The highest BCUT2D eigenvalue weighted by Crippen LogP contribution is 2.51. The zero-order valence-electron chi connectivity index (χ0n) is 15.9. The number of ketones is 1. The Hall–Kier alpha value is -1.84. The average Bonchev–Trinajstić information content (AvgIpc) is 2.68. The van der Waals surface area contributed by atoms with Crippen LogP contribution in [0.1, 0.15) is 43.7 Å². The Bertz CT molecular complexity index is 953. The number of hydrogen-bond donors (Lipinski definition) is 0. The van der Waals surface area contributed by atoms with Crippen LogP contribution >= 0.6 is 23.2 Å². The summed E-state index contributed by atoms with van der Waals surface area (Å²) in [6, 6.07) is 13.1. The van der Waals surface area contributed by atoms with Gasteiger partial charge in [0, 0.05) is 5.02 Å². The van der Waals surface area contributed by atoms with Crippen molar-refractivity contribution in [1.29, 1.82) is 0 Å². The quantitative estimate of drug-likeness (QED) is 0.351. The van der Waals surface area contributed by atoms with Crippen molar-refractivity contribution in [2.45, 2.75) is 50.5 Å². The van der Waals surface area contributed by atoms with Gasteiger partial charge in [0.2, 0.25) is 4.87 Å². The molecule has 2 aromatic rings. The van der Waals surface area contributed by atoms with Crippen LogP contribution in [-0.4, -0.2) is 17.9 Å². The number of carbonyl (C=O) groups is 2. The van der Waals surface area contributed by atoms with Gasteiger partial charge in [-0.05, 0) is 73.6 Å². The summed E-state index contributed by atoms with van der Waals surface area (Å²) in [5.74, 6) is -0.890. The molecular weight excluding hydrogens is 395 g/mol. The molecule has 0 N–H and O–H groups in total. The van der Waals surface area contributed by atoms with Crippen LogP contribution in [0.3, 0.4) is 0 Å². The summed E-state index contributed by atoms with van der Waals surface area (Å²) >= 11 is 12.8. The van der Waals surface area contributed by atoms with Gasteiger partial charge in [-0.3, -0.25) is 4.79 Å². The zero-order valence-corrected chi connectivity index (χ0v) is 17.4. The smallest absolute Gasteiger partial charge is 0.339 e. The van der Waals surface area contributed by atoms with E-state index in [2.05, 4.69) is 0 Å². The molecule has 1 aliphatic heterocycles. The lowest BCUT2D eigenvalue weighted by Crippen LogP contribution is -2.60. The molecule has 0 aromatic heterocycles. The third kappa shape index (κ3) is 2.87. The van der Waals surface area contributed by atoms with Crippen molar-refractivity contribution in [2.75, 3.05) is 0 Å². The first-order chi connectivity index (χ1) is 13.3. The Kier molecular flexibility index (Phi) is 4.79. The number of esters is 1. The van der Waals surface area contributed by atoms with E-state index in [4.69, 9.17) is 27.9 Å². The third-order valence-corrected chi connectivity index (χ3v) is 7.05. The Morgan fingerprint density at radius 3 is 2.43 bits per heavy atom. The highest BCUT2D eigenvalue weighted by molar-refractivity contribution is 6.46. The van der Waals surface area contributed by atoms with Crippen molar-refractivity contribution in [3.63, 3.8) is 0 Å². The monoisotopic (exact) mass is 416 g/mol. The van der Waals surface area contributed by atoms with Gasteiger partial charge in [0.25, 0.3) is 0 Å². The molecule has 0 bridgehead atoms. The molecule has 3 atom stereocenters. The molecule has 146 valence electrons. The van der Waals surface area contributed by atoms with E-state index >= 15 is 0 Å². The number of aryl methyl sites for hydroxylation is 1. The normalized spacial score (nSPS) is 29.9. The van der Waals surface area contributed by atoms with Gasteiger partial charge in [0.05, 0.1) is 5.41 Å². The van der Waals surface area contributed by atoms with Crippen LogP contribution in [0.15, 0.2) is 42.5 Å². The second kappa shape index (κ2) is 6.89. The summed E-state index contributed by atoms with van der Waals surface area (Å²) in [4.78, 5) is 24.8. The molecule has 0 amide bonds. The molecule has 1 saturated carbocycles. The van der Waals surface area contributed by atoms with Gasteiger partial charge in [-0.15, -0.1) is 0 Å². The first-order valence-electron chi connectivity index (χ1n) is 9.59. The van der Waals surface area contributed by atoms with Crippen LogP contribution in [0.5, 0.6) is 0 Å². The van der Waals surface area contributed by atoms with Crippen LogP contribution in [0.4, 0.5) is 0 Å². The second-order valence-corrected chi connectivity index (χ2v) is 9.08. The minimum atomic E-state index is -1.81. The molecule has 0 radical (unpaired) electrons. The maximum Gasteiger partial charge on any atom is 0.339 e. The van der Waals surface area contributed by atoms with Gasteiger partial charge in [-0.2, -0.15) is 0 Å². The van der Waals surface area contributed by atoms with Crippen LogP contribution < -0.4 is 0 Å². The van der Waals surface area contributed by atoms with E-state index in [-0.39, 0.29) is 11.9 Å². The molecule has 2 aliphatic rings. The fraction of sp³-hybridized carbons (Fsp3) is 0.391. The van der Waals surface area contributed by atoms with Crippen LogP contribution in [-0.2, 0) is 19.2 Å². The van der Waals surface area contributed by atoms with Gasteiger partial charge in [-0.1, -0.05) is 53.9 Å². The molecule has 2 fully saturated rings. The number of hydrogen-bond acceptors (Lipinski definition) is 3. The van der Waals surface area contributed by atoms with Crippen LogP contribution in [0, 0.1) is 12.3 Å². The van der Waals surface area contributed by atoms with E-state index in [0.717, 1.165) is 29.5 Å². The van der Waals surface area contributed by atoms with Crippen molar-refractivity contribution in [3.05, 3.63) is 58.6 Å². The van der Waals surface area contributed by atoms with Crippen molar-refractivity contribution < 1.29 is 14.3 Å². The van der Waals surface area contributed by atoms with Gasteiger partial charge < -0.3 is 4.74 Å². The standard InChI is InChI=1S/C23H22Cl2O3/c1-14-6-7-16(15-8-10-17(24)11-9-15)13-18(14)23(25)20(26)22(2)12-4-3-5-19(22)28-21(23)27/h6-11,13,19H,3-5,12H2,1-2H3. The number of alkyl halides is 1. The third-order valence-electron chi connectivity index (χ3n) is 6.27. The molecule has 5 heteroatoms. The first-order valence-corrected chi connectivity index (χ1v) is 10.3. The molecule has 28 heavy (non-hydrogen) atoms. The van der Waals surface area contributed by atoms with Crippen LogP contribution in [0.25, 0.3) is 11.1 Å². The van der Waals surface area contributed by atoms with E-state index in [9.17, 15) is 9.59 Å². The maximum atomic E-state index is 13.6. The van der Waals surface area contributed by atoms with Crippen molar-refractivity contribution in [3.8, 4) is 11.1 Å². The summed E-state index contributed by atoms with van der Waals surface area (Å²) in [7, 11) is 0. The number of rotatable bonds is 2. The zero-order chi connectivity index (χ0) is 20.1. The van der Waals surface area contributed by atoms with Gasteiger partial charge in [-0.25, -0.2) is 4.79 Å². The Balaban J connectivity index is 1.82. The van der Waals surface area contributed by atoms with E-state index in [0.29, 0.717) is 23.4 Å². The van der Waals surface area contributed by atoms with E-state index in [1.807, 2.05) is 44.2 Å². The number of ether oxygens (including phenoxy) is 1. The molecule has 4 rings (SSSR count). The van der Waals surface area contributed by atoms with E-state index in [1.165, 1.54) is 0 Å². The number of halogens is 2. The lowest BCUT2D eigenvalue weighted by Gasteiger charge is -2.47.